The van der Waals surface area contributed by atoms with E-state index in [0.717, 1.165) is 19.6 Å². The lowest BCUT2D eigenvalue weighted by molar-refractivity contribution is 0.294. The summed E-state index contributed by atoms with van der Waals surface area (Å²) >= 11 is 0. The average Bonchev–Trinajstić information content (AvgIpc) is 2.25. The fraction of sp³-hybridized carbons (Fsp3) is 1.00. The van der Waals surface area contributed by atoms with Crippen LogP contribution in [0.1, 0.15) is 26.2 Å². The molecule has 0 unspecified atom stereocenters. The molecule has 1 N–H and O–H groups in total. The zero-order chi connectivity index (χ0) is 11.9. The van der Waals surface area contributed by atoms with E-state index >= 15 is 0 Å². The van der Waals surface area contributed by atoms with Crippen molar-refractivity contribution < 1.29 is 8.42 Å². The Labute approximate surface area is 99.3 Å². The number of rotatable bonds is 7. The van der Waals surface area contributed by atoms with Crippen LogP contribution >= 0.6 is 0 Å². The first-order chi connectivity index (χ1) is 7.64. The lowest BCUT2D eigenvalue weighted by Crippen LogP contribution is -2.43. The molecule has 1 heterocycles. The second-order valence-corrected chi connectivity index (χ2v) is 6.75. The molecule has 0 aromatic rings. The van der Waals surface area contributed by atoms with Gasteiger partial charge in [-0.3, -0.25) is 0 Å². The summed E-state index contributed by atoms with van der Waals surface area (Å²) in [5.41, 5.74) is 0. The van der Waals surface area contributed by atoms with E-state index in [1.165, 1.54) is 19.3 Å². The molecular formula is C11H24N2O2S. The molecule has 0 aromatic heterocycles. The molecule has 0 amide bonds. The van der Waals surface area contributed by atoms with Gasteiger partial charge in [-0.25, -0.2) is 8.42 Å². The molecule has 0 aromatic carbocycles. The number of nitrogens with zero attached hydrogens (tertiary/aromatic N) is 1. The second kappa shape index (κ2) is 7.25. The van der Waals surface area contributed by atoms with Crippen LogP contribution in [0.25, 0.3) is 0 Å². The van der Waals surface area contributed by atoms with Crippen LogP contribution in [0.5, 0.6) is 0 Å². The maximum atomic E-state index is 11.2. The molecule has 1 fully saturated rings. The molecule has 1 rings (SSSR count). The van der Waals surface area contributed by atoms with Crippen LogP contribution in [0.15, 0.2) is 0 Å². The minimum absolute atomic E-state index is 0.336. The predicted molar refractivity (Wildman–Crippen MR) is 67.5 cm³/mol. The van der Waals surface area contributed by atoms with E-state index in [1.807, 2.05) is 0 Å². The van der Waals surface area contributed by atoms with E-state index in [1.54, 1.807) is 0 Å². The summed E-state index contributed by atoms with van der Waals surface area (Å²) in [5, 5.41) is 3.40. The van der Waals surface area contributed by atoms with E-state index < -0.39 is 9.84 Å². The molecule has 4 nitrogen and oxygen atoms in total. The zero-order valence-electron chi connectivity index (χ0n) is 10.2. The van der Waals surface area contributed by atoms with Gasteiger partial charge >= 0.3 is 0 Å². The largest absolute Gasteiger partial charge is 0.315 e. The second-order valence-electron chi connectivity index (χ2n) is 4.45. The van der Waals surface area contributed by atoms with Crippen molar-refractivity contribution >= 4 is 9.84 Å². The first-order valence-corrected chi connectivity index (χ1v) is 8.09. The van der Waals surface area contributed by atoms with Crippen LogP contribution in [0.4, 0.5) is 0 Å². The molecule has 0 spiro atoms. The highest BCUT2D eigenvalue weighted by Gasteiger charge is 2.20. The summed E-state index contributed by atoms with van der Waals surface area (Å²) in [5.74, 6) is 0.672. The van der Waals surface area contributed by atoms with E-state index in [4.69, 9.17) is 0 Å². The van der Waals surface area contributed by atoms with Gasteiger partial charge in [0, 0.05) is 26.2 Å². The summed E-state index contributed by atoms with van der Waals surface area (Å²) in [6.07, 6.45) is 3.78. The average molecular weight is 248 g/mol. The molecule has 1 aliphatic heterocycles. The van der Waals surface area contributed by atoms with Gasteiger partial charge in [0.25, 0.3) is 0 Å². The quantitative estimate of drug-likeness (QED) is 0.667. The lowest BCUT2D eigenvalue weighted by Gasteiger charge is -2.26. The number of hydrogen-bond donors (Lipinski definition) is 1. The summed E-state index contributed by atoms with van der Waals surface area (Å²) in [6.45, 7) is 6.65. The smallest absolute Gasteiger partial charge is 0.152 e. The fourth-order valence-electron chi connectivity index (χ4n) is 1.84. The SMILES string of the molecule is CCCCCNCCN1CCS(=O)(=O)CC1. The third-order valence-electron chi connectivity index (χ3n) is 3.00. The van der Waals surface area contributed by atoms with Crippen LogP contribution in [0, 0.1) is 0 Å². The topological polar surface area (TPSA) is 49.4 Å². The molecule has 0 radical (unpaired) electrons. The Bertz CT molecular complexity index is 264. The van der Waals surface area contributed by atoms with Gasteiger partial charge in [0.1, 0.15) is 0 Å². The fourth-order valence-corrected chi connectivity index (χ4v) is 3.11. The molecule has 0 aliphatic carbocycles. The molecule has 1 aliphatic rings. The van der Waals surface area contributed by atoms with Crippen LogP contribution in [-0.2, 0) is 9.84 Å². The molecule has 0 atom stereocenters. The number of nitrogens with one attached hydrogen (secondary N) is 1. The number of unbranched alkanes of at least 4 members (excludes halogenated alkanes) is 2. The maximum Gasteiger partial charge on any atom is 0.152 e. The number of hydrogen-bond acceptors (Lipinski definition) is 4. The third-order valence-corrected chi connectivity index (χ3v) is 4.61. The van der Waals surface area contributed by atoms with Gasteiger partial charge in [-0.1, -0.05) is 19.8 Å². The summed E-state index contributed by atoms with van der Waals surface area (Å²) in [4.78, 5) is 2.23. The van der Waals surface area contributed by atoms with Crippen molar-refractivity contribution in [3.05, 3.63) is 0 Å². The lowest BCUT2D eigenvalue weighted by atomic mass is 10.2. The van der Waals surface area contributed by atoms with Gasteiger partial charge in [-0.15, -0.1) is 0 Å². The molecule has 96 valence electrons. The maximum absolute atomic E-state index is 11.2. The van der Waals surface area contributed by atoms with E-state index in [2.05, 4.69) is 17.1 Å². The standard InChI is InChI=1S/C11H24N2O2S/c1-2-3-4-5-12-6-7-13-8-10-16(14,15)11-9-13/h12H,2-11H2,1H3. The van der Waals surface area contributed by atoms with Crippen LogP contribution in [-0.4, -0.2) is 57.5 Å². The van der Waals surface area contributed by atoms with Gasteiger partial charge in [0.2, 0.25) is 0 Å². The summed E-state index contributed by atoms with van der Waals surface area (Å²) < 4.78 is 22.4. The summed E-state index contributed by atoms with van der Waals surface area (Å²) in [7, 11) is -2.72. The van der Waals surface area contributed by atoms with Gasteiger partial charge in [-0.05, 0) is 13.0 Å². The first kappa shape index (κ1) is 13.9. The van der Waals surface area contributed by atoms with Crippen LogP contribution in [0.3, 0.4) is 0 Å². The Morgan fingerprint density at radius 2 is 1.81 bits per heavy atom. The van der Waals surface area contributed by atoms with Gasteiger partial charge in [-0.2, -0.15) is 0 Å². The Morgan fingerprint density at radius 3 is 2.44 bits per heavy atom. The van der Waals surface area contributed by atoms with E-state index in [0.29, 0.717) is 24.6 Å². The minimum atomic E-state index is -2.72. The molecule has 0 bridgehead atoms. The van der Waals surface area contributed by atoms with Gasteiger partial charge < -0.3 is 10.2 Å². The van der Waals surface area contributed by atoms with Gasteiger partial charge in [0.15, 0.2) is 9.84 Å². The Kier molecular flexibility index (Phi) is 6.31. The normalized spacial score (nSPS) is 21.1. The van der Waals surface area contributed by atoms with Crippen molar-refractivity contribution in [1.29, 1.82) is 0 Å². The molecular weight excluding hydrogens is 224 g/mol. The van der Waals surface area contributed by atoms with Crippen molar-refractivity contribution in [3.63, 3.8) is 0 Å². The first-order valence-electron chi connectivity index (χ1n) is 6.27. The van der Waals surface area contributed by atoms with Gasteiger partial charge in [0.05, 0.1) is 11.5 Å². The van der Waals surface area contributed by atoms with Crippen molar-refractivity contribution in [2.45, 2.75) is 26.2 Å². The number of sulfone groups is 1. The highest BCUT2D eigenvalue weighted by Crippen LogP contribution is 2.02. The Hall–Kier alpha value is -0.130. The predicted octanol–water partition coefficient (Wildman–Crippen LogP) is 0.497. The third kappa shape index (κ3) is 5.82. The molecule has 16 heavy (non-hydrogen) atoms. The Balaban J connectivity index is 1.98. The summed E-state index contributed by atoms with van der Waals surface area (Å²) in [6, 6.07) is 0. The highest BCUT2D eigenvalue weighted by molar-refractivity contribution is 7.91. The molecule has 1 saturated heterocycles. The Morgan fingerprint density at radius 1 is 1.12 bits per heavy atom. The molecule has 0 saturated carbocycles. The zero-order valence-corrected chi connectivity index (χ0v) is 11.1. The van der Waals surface area contributed by atoms with E-state index in [9.17, 15) is 8.42 Å². The van der Waals surface area contributed by atoms with Crippen molar-refractivity contribution in [2.24, 2.45) is 0 Å². The minimum Gasteiger partial charge on any atom is -0.315 e. The van der Waals surface area contributed by atoms with Crippen molar-refractivity contribution in [1.82, 2.24) is 10.2 Å². The van der Waals surface area contributed by atoms with Crippen LogP contribution in [0.2, 0.25) is 0 Å². The van der Waals surface area contributed by atoms with Crippen LogP contribution < -0.4 is 5.32 Å². The van der Waals surface area contributed by atoms with E-state index in [-0.39, 0.29) is 0 Å². The van der Waals surface area contributed by atoms with Crippen molar-refractivity contribution in [2.75, 3.05) is 44.2 Å². The van der Waals surface area contributed by atoms with Crippen molar-refractivity contribution in [3.8, 4) is 0 Å². The molecule has 5 heteroatoms. The highest BCUT2D eigenvalue weighted by atomic mass is 32.2. The monoisotopic (exact) mass is 248 g/mol.